The van der Waals surface area contributed by atoms with Crippen molar-refractivity contribution in [1.82, 2.24) is 4.90 Å². The molecule has 0 N–H and O–H groups in total. The molecule has 1 aromatic carbocycles. The van der Waals surface area contributed by atoms with Crippen molar-refractivity contribution < 1.29 is 9.72 Å². The zero-order valence-electron chi connectivity index (χ0n) is 11.2. The Morgan fingerprint density at radius 3 is 2.70 bits per heavy atom. The summed E-state index contributed by atoms with van der Waals surface area (Å²) in [5, 5.41) is 10.8. The summed E-state index contributed by atoms with van der Waals surface area (Å²) in [6.45, 7) is 3.07. The van der Waals surface area contributed by atoms with Gasteiger partial charge in [-0.2, -0.15) is 0 Å². The molecule has 0 saturated carbocycles. The van der Waals surface area contributed by atoms with Crippen molar-refractivity contribution in [3.63, 3.8) is 0 Å². The number of nitro groups is 1. The number of amides is 1. The summed E-state index contributed by atoms with van der Waals surface area (Å²) in [6, 6.07) is 4.75. The lowest BCUT2D eigenvalue weighted by molar-refractivity contribution is -0.384. The zero-order chi connectivity index (χ0) is 14.1. The molecule has 1 aromatic rings. The predicted molar refractivity (Wildman–Crippen MR) is 74.8 cm³/mol. The van der Waals surface area contributed by atoms with E-state index in [1.807, 2.05) is 0 Å². The van der Waals surface area contributed by atoms with Crippen LogP contribution in [0.5, 0.6) is 0 Å². The third kappa shape index (κ3) is 2.38. The monoisotopic (exact) mass is 275 g/mol. The molecule has 3 rings (SSSR count). The quantitative estimate of drug-likeness (QED) is 0.620. The molecule has 6 heteroatoms. The molecule has 0 aliphatic carbocycles. The van der Waals surface area contributed by atoms with Gasteiger partial charge in [-0.1, -0.05) is 0 Å². The van der Waals surface area contributed by atoms with Gasteiger partial charge in [0.2, 0.25) is 5.91 Å². The van der Waals surface area contributed by atoms with Gasteiger partial charge in [-0.3, -0.25) is 19.8 Å². The molecule has 106 valence electrons. The molecule has 1 fully saturated rings. The fourth-order valence-electron chi connectivity index (χ4n) is 2.98. The second-order valence-corrected chi connectivity index (χ2v) is 5.35. The van der Waals surface area contributed by atoms with Crippen LogP contribution in [0.25, 0.3) is 0 Å². The second kappa shape index (κ2) is 5.20. The number of nitrogens with zero attached hydrogens (tertiary/aromatic N) is 3. The maximum atomic E-state index is 12.3. The summed E-state index contributed by atoms with van der Waals surface area (Å²) in [6.07, 6.45) is 3.02. The van der Waals surface area contributed by atoms with Gasteiger partial charge in [0.25, 0.3) is 5.69 Å². The number of carbonyl (C=O) groups is 1. The average Bonchev–Trinajstić information content (AvgIpc) is 3.06. The number of non-ortho nitro benzene ring substituents is 1. The molecule has 2 heterocycles. The lowest BCUT2D eigenvalue weighted by Crippen LogP contribution is -2.38. The van der Waals surface area contributed by atoms with Crippen LogP contribution in [0.15, 0.2) is 18.2 Å². The standard InChI is InChI=1S/C14H17N3O3/c18-14(10-15-6-1-2-7-15)16-8-5-11-9-12(17(19)20)3-4-13(11)16/h3-4,9H,1-2,5-8,10H2. The first-order valence-electron chi connectivity index (χ1n) is 6.95. The third-order valence-electron chi connectivity index (χ3n) is 4.03. The van der Waals surface area contributed by atoms with Crippen LogP contribution in [0.3, 0.4) is 0 Å². The molecule has 0 unspecified atom stereocenters. The average molecular weight is 275 g/mol. The minimum atomic E-state index is -0.394. The van der Waals surface area contributed by atoms with E-state index in [4.69, 9.17) is 0 Å². The first kappa shape index (κ1) is 13.1. The minimum Gasteiger partial charge on any atom is -0.311 e. The summed E-state index contributed by atoms with van der Waals surface area (Å²) in [5.74, 6) is 0.0968. The van der Waals surface area contributed by atoms with Crippen LogP contribution in [0, 0.1) is 10.1 Å². The normalized spacial score (nSPS) is 18.3. The van der Waals surface area contributed by atoms with Crippen LogP contribution in [0.4, 0.5) is 11.4 Å². The van der Waals surface area contributed by atoms with Gasteiger partial charge in [-0.05, 0) is 44.0 Å². The van der Waals surface area contributed by atoms with Gasteiger partial charge >= 0.3 is 0 Å². The molecule has 1 saturated heterocycles. The first-order chi connectivity index (χ1) is 9.65. The Hall–Kier alpha value is -1.95. The number of nitro benzene ring substituents is 1. The molecule has 0 radical (unpaired) electrons. The highest BCUT2D eigenvalue weighted by Crippen LogP contribution is 2.31. The summed E-state index contributed by atoms with van der Waals surface area (Å²) in [7, 11) is 0. The highest BCUT2D eigenvalue weighted by Gasteiger charge is 2.27. The van der Waals surface area contributed by atoms with Crippen LogP contribution >= 0.6 is 0 Å². The second-order valence-electron chi connectivity index (χ2n) is 5.35. The largest absolute Gasteiger partial charge is 0.311 e. The SMILES string of the molecule is O=C(CN1CCCC1)N1CCc2cc([N+](=O)[O-])ccc21. The Morgan fingerprint density at radius 1 is 1.25 bits per heavy atom. The van der Waals surface area contributed by atoms with E-state index in [1.54, 1.807) is 17.0 Å². The molecular weight excluding hydrogens is 258 g/mol. The van der Waals surface area contributed by atoms with Gasteiger partial charge in [0.05, 0.1) is 11.5 Å². The predicted octanol–water partition coefficient (Wildman–Crippen LogP) is 1.58. The number of carbonyl (C=O) groups excluding carboxylic acids is 1. The lowest BCUT2D eigenvalue weighted by atomic mass is 10.1. The smallest absolute Gasteiger partial charge is 0.269 e. The van der Waals surface area contributed by atoms with Crippen molar-refractivity contribution in [3.05, 3.63) is 33.9 Å². The van der Waals surface area contributed by atoms with Crippen LogP contribution in [0.2, 0.25) is 0 Å². The van der Waals surface area contributed by atoms with Crippen molar-refractivity contribution in [2.45, 2.75) is 19.3 Å². The molecule has 20 heavy (non-hydrogen) atoms. The van der Waals surface area contributed by atoms with E-state index in [9.17, 15) is 14.9 Å². The molecule has 6 nitrogen and oxygen atoms in total. The third-order valence-corrected chi connectivity index (χ3v) is 4.03. The number of hydrogen-bond donors (Lipinski definition) is 0. The summed E-state index contributed by atoms with van der Waals surface area (Å²) in [5.41, 5.74) is 1.83. The van der Waals surface area contributed by atoms with Gasteiger partial charge < -0.3 is 4.90 Å². The van der Waals surface area contributed by atoms with Gasteiger partial charge in [-0.25, -0.2) is 0 Å². The number of anilines is 1. The van der Waals surface area contributed by atoms with Gasteiger partial charge in [-0.15, -0.1) is 0 Å². The fourth-order valence-corrected chi connectivity index (χ4v) is 2.98. The first-order valence-corrected chi connectivity index (χ1v) is 6.95. The maximum absolute atomic E-state index is 12.3. The molecule has 1 amide bonds. The van der Waals surface area contributed by atoms with E-state index >= 15 is 0 Å². The molecule has 0 atom stereocenters. The number of likely N-dealkylation sites (tertiary alicyclic amines) is 1. The number of benzene rings is 1. The highest BCUT2D eigenvalue weighted by atomic mass is 16.6. The Morgan fingerprint density at radius 2 is 2.00 bits per heavy atom. The van der Waals surface area contributed by atoms with E-state index in [2.05, 4.69) is 4.90 Å². The van der Waals surface area contributed by atoms with Crippen molar-refractivity contribution >= 4 is 17.3 Å². The van der Waals surface area contributed by atoms with Gasteiger partial charge in [0.1, 0.15) is 0 Å². The summed E-state index contributed by atoms with van der Waals surface area (Å²) < 4.78 is 0. The van der Waals surface area contributed by atoms with Gasteiger partial charge in [0, 0.05) is 24.4 Å². The number of hydrogen-bond acceptors (Lipinski definition) is 4. The van der Waals surface area contributed by atoms with Crippen LogP contribution in [-0.4, -0.2) is 41.9 Å². The van der Waals surface area contributed by atoms with Crippen molar-refractivity contribution in [3.8, 4) is 0 Å². The molecule has 2 aliphatic heterocycles. The summed E-state index contributed by atoms with van der Waals surface area (Å²) >= 11 is 0. The molecular formula is C14H17N3O3. The van der Waals surface area contributed by atoms with Crippen molar-refractivity contribution in [1.29, 1.82) is 0 Å². The molecule has 0 spiro atoms. The Kier molecular flexibility index (Phi) is 3.40. The van der Waals surface area contributed by atoms with E-state index in [0.29, 0.717) is 19.5 Å². The van der Waals surface area contributed by atoms with E-state index in [-0.39, 0.29) is 11.6 Å². The van der Waals surface area contributed by atoms with Crippen LogP contribution in [0.1, 0.15) is 18.4 Å². The number of rotatable bonds is 3. The van der Waals surface area contributed by atoms with E-state index in [1.165, 1.54) is 6.07 Å². The number of fused-ring (bicyclic) bond motifs is 1. The Bertz CT molecular complexity index is 553. The topological polar surface area (TPSA) is 66.7 Å². The van der Waals surface area contributed by atoms with Gasteiger partial charge in [0.15, 0.2) is 0 Å². The minimum absolute atomic E-state index is 0.0950. The fraction of sp³-hybridized carbons (Fsp3) is 0.500. The highest BCUT2D eigenvalue weighted by molar-refractivity contribution is 5.97. The Labute approximate surface area is 117 Å². The maximum Gasteiger partial charge on any atom is 0.269 e. The van der Waals surface area contributed by atoms with Crippen molar-refractivity contribution in [2.24, 2.45) is 0 Å². The molecule has 0 bridgehead atoms. The van der Waals surface area contributed by atoms with Crippen LogP contribution < -0.4 is 4.90 Å². The summed E-state index contributed by atoms with van der Waals surface area (Å²) in [4.78, 5) is 26.6. The van der Waals surface area contributed by atoms with Crippen LogP contribution in [-0.2, 0) is 11.2 Å². The lowest BCUT2D eigenvalue weighted by Gasteiger charge is -2.21. The Balaban J connectivity index is 1.75. The van der Waals surface area contributed by atoms with E-state index in [0.717, 1.165) is 37.2 Å². The molecule has 2 aliphatic rings. The molecule has 0 aromatic heterocycles. The zero-order valence-corrected chi connectivity index (χ0v) is 11.2. The van der Waals surface area contributed by atoms with E-state index < -0.39 is 4.92 Å². The van der Waals surface area contributed by atoms with Crippen molar-refractivity contribution in [2.75, 3.05) is 31.1 Å².